The van der Waals surface area contributed by atoms with Gasteiger partial charge in [-0.3, -0.25) is 20.1 Å². The molecular formula is C18H18F3N5O2. The number of nitrogens with zero attached hydrogens (tertiary/aromatic N) is 3. The third kappa shape index (κ3) is 3.78. The maximum atomic E-state index is 13.4. The van der Waals surface area contributed by atoms with E-state index in [2.05, 4.69) is 20.8 Å². The van der Waals surface area contributed by atoms with Crippen LogP contribution in [-0.2, 0) is 24.5 Å². The number of pyridine rings is 2. The second-order valence-corrected chi connectivity index (χ2v) is 6.76. The van der Waals surface area contributed by atoms with Gasteiger partial charge in [0.25, 0.3) is 0 Å². The molecule has 1 amide bonds. The van der Waals surface area contributed by atoms with Crippen LogP contribution in [0.4, 0.5) is 13.2 Å². The van der Waals surface area contributed by atoms with Crippen molar-refractivity contribution in [1.29, 1.82) is 0 Å². The maximum absolute atomic E-state index is 13.4. The molecule has 2 unspecified atom stereocenters. The quantitative estimate of drug-likeness (QED) is 0.821. The summed E-state index contributed by atoms with van der Waals surface area (Å²) in [5, 5.41) is 0. The highest BCUT2D eigenvalue weighted by Crippen LogP contribution is 2.36. The van der Waals surface area contributed by atoms with E-state index in [1.165, 1.54) is 0 Å². The number of rotatable bonds is 4. The number of alkyl halides is 3. The topological polar surface area (TPSA) is 79.4 Å². The van der Waals surface area contributed by atoms with Crippen LogP contribution in [0, 0.1) is 5.92 Å². The lowest BCUT2D eigenvalue weighted by atomic mass is 9.95. The van der Waals surface area contributed by atoms with E-state index in [0.29, 0.717) is 24.7 Å². The highest BCUT2D eigenvalue weighted by Gasteiger charge is 2.53. The van der Waals surface area contributed by atoms with Gasteiger partial charge in [0.15, 0.2) is 5.92 Å². The van der Waals surface area contributed by atoms with E-state index in [1.54, 1.807) is 23.4 Å². The zero-order valence-electron chi connectivity index (χ0n) is 14.7. The van der Waals surface area contributed by atoms with Crippen LogP contribution in [0.2, 0.25) is 0 Å². The van der Waals surface area contributed by atoms with Crippen LogP contribution in [0.25, 0.3) is 0 Å². The number of hydrogen-bond acceptors (Lipinski definition) is 6. The second-order valence-electron chi connectivity index (χ2n) is 6.76. The Morgan fingerprint density at radius 1 is 1.18 bits per heavy atom. The number of ether oxygens (including phenoxy) is 1. The summed E-state index contributed by atoms with van der Waals surface area (Å²) in [4.78, 5) is 21.8. The number of carbonyl (C=O) groups excluding carboxylic acids is 1. The Morgan fingerprint density at radius 2 is 1.96 bits per heavy atom. The SMILES string of the molecule is O=C1NNCC(N2Cc3ccc(OCc4ccncc4)nc3C2)C1C(F)(F)F. The van der Waals surface area contributed by atoms with Gasteiger partial charge >= 0.3 is 6.18 Å². The largest absolute Gasteiger partial charge is 0.473 e. The van der Waals surface area contributed by atoms with Crippen molar-refractivity contribution < 1.29 is 22.7 Å². The molecule has 2 aromatic heterocycles. The normalized spacial score (nSPS) is 22.6. The van der Waals surface area contributed by atoms with Gasteiger partial charge in [0.05, 0.1) is 5.69 Å². The summed E-state index contributed by atoms with van der Waals surface area (Å²) in [6.45, 7) is 0.864. The molecule has 2 N–H and O–H groups in total. The Bertz CT molecular complexity index is 862. The molecule has 10 heteroatoms. The number of aromatic nitrogens is 2. The fourth-order valence-corrected chi connectivity index (χ4v) is 3.53. The molecule has 0 radical (unpaired) electrons. The lowest BCUT2D eigenvalue weighted by molar-refractivity contribution is -0.201. The van der Waals surface area contributed by atoms with Gasteiger partial charge in [-0.15, -0.1) is 0 Å². The molecule has 2 aliphatic rings. The van der Waals surface area contributed by atoms with Crippen LogP contribution in [0.15, 0.2) is 36.7 Å². The van der Waals surface area contributed by atoms with Crippen LogP contribution in [0.5, 0.6) is 5.88 Å². The van der Waals surface area contributed by atoms with Gasteiger partial charge in [-0.25, -0.2) is 10.4 Å². The molecule has 0 bridgehead atoms. The summed E-state index contributed by atoms with van der Waals surface area (Å²) in [5.41, 5.74) is 7.07. The molecule has 0 aromatic carbocycles. The summed E-state index contributed by atoms with van der Waals surface area (Å²) in [6.07, 6.45) is -1.28. The molecule has 4 rings (SSSR count). The molecule has 28 heavy (non-hydrogen) atoms. The van der Waals surface area contributed by atoms with Crippen molar-refractivity contribution in [1.82, 2.24) is 25.7 Å². The number of fused-ring (bicyclic) bond motifs is 1. The Balaban J connectivity index is 1.46. The fourth-order valence-electron chi connectivity index (χ4n) is 3.53. The summed E-state index contributed by atoms with van der Waals surface area (Å²) in [5.74, 6) is -2.73. The van der Waals surface area contributed by atoms with E-state index in [1.807, 2.05) is 18.2 Å². The molecule has 148 valence electrons. The van der Waals surface area contributed by atoms with Crippen LogP contribution in [0.3, 0.4) is 0 Å². The van der Waals surface area contributed by atoms with Crippen molar-refractivity contribution in [2.45, 2.75) is 31.9 Å². The first-order valence-corrected chi connectivity index (χ1v) is 8.76. The molecule has 7 nitrogen and oxygen atoms in total. The minimum Gasteiger partial charge on any atom is -0.473 e. The third-order valence-corrected chi connectivity index (χ3v) is 4.92. The molecule has 1 saturated heterocycles. The van der Waals surface area contributed by atoms with Crippen molar-refractivity contribution in [3.63, 3.8) is 0 Å². The zero-order valence-corrected chi connectivity index (χ0v) is 14.7. The maximum Gasteiger partial charge on any atom is 0.402 e. The molecule has 0 aliphatic carbocycles. The summed E-state index contributed by atoms with van der Waals surface area (Å²) < 4.78 is 45.9. The van der Waals surface area contributed by atoms with Crippen molar-refractivity contribution in [2.75, 3.05) is 6.54 Å². The minimum absolute atomic E-state index is 0.00923. The van der Waals surface area contributed by atoms with E-state index < -0.39 is 24.0 Å². The molecule has 2 aromatic rings. The lowest BCUT2D eigenvalue weighted by Gasteiger charge is -2.38. The Hall–Kier alpha value is -2.72. The van der Waals surface area contributed by atoms with Crippen molar-refractivity contribution in [3.05, 3.63) is 53.5 Å². The number of hydrogen-bond donors (Lipinski definition) is 2. The summed E-state index contributed by atoms with van der Waals surface area (Å²) >= 11 is 0. The van der Waals surface area contributed by atoms with E-state index in [0.717, 1.165) is 11.1 Å². The number of nitrogens with one attached hydrogen (secondary N) is 2. The first kappa shape index (κ1) is 18.6. The van der Waals surface area contributed by atoms with Gasteiger partial charge in [0.2, 0.25) is 11.8 Å². The minimum atomic E-state index is -4.61. The van der Waals surface area contributed by atoms with Gasteiger partial charge in [0.1, 0.15) is 6.61 Å². The zero-order chi connectivity index (χ0) is 19.7. The lowest BCUT2D eigenvalue weighted by Crippen LogP contribution is -2.63. The van der Waals surface area contributed by atoms with E-state index >= 15 is 0 Å². The number of halogens is 3. The molecular weight excluding hydrogens is 375 g/mol. The Morgan fingerprint density at radius 3 is 2.71 bits per heavy atom. The van der Waals surface area contributed by atoms with Crippen LogP contribution in [0.1, 0.15) is 16.8 Å². The van der Waals surface area contributed by atoms with E-state index in [9.17, 15) is 18.0 Å². The standard InChI is InChI=1S/C18H18F3N5O2/c19-18(20,21)16-14(7-23-25-17(16)27)26-8-12-1-2-15(24-13(12)9-26)28-10-11-3-5-22-6-4-11/h1-6,14,16,23H,7-10H2,(H,25,27). The van der Waals surface area contributed by atoms with Gasteiger partial charge in [0, 0.05) is 44.1 Å². The number of carbonyl (C=O) groups is 1. The first-order chi connectivity index (χ1) is 13.4. The van der Waals surface area contributed by atoms with Gasteiger partial charge in [-0.05, 0) is 23.3 Å². The predicted octanol–water partition coefficient (Wildman–Crippen LogP) is 1.55. The van der Waals surface area contributed by atoms with E-state index in [-0.39, 0.29) is 13.1 Å². The van der Waals surface area contributed by atoms with Gasteiger partial charge < -0.3 is 4.74 Å². The number of amides is 1. The highest BCUT2D eigenvalue weighted by atomic mass is 19.4. The summed E-state index contributed by atoms with van der Waals surface area (Å²) in [6, 6.07) is 6.17. The molecule has 4 heterocycles. The highest BCUT2D eigenvalue weighted by molar-refractivity contribution is 5.80. The van der Waals surface area contributed by atoms with Gasteiger partial charge in [-0.2, -0.15) is 13.2 Å². The average Bonchev–Trinajstić information content (AvgIpc) is 3.09. The molecule has 1 fully saturated rings. The number of hydrazine groups is 1. The van der Waals surface area contributed by atoms with Crippen molar-refractivity contribution in [2.24, 2.45) is 5.92 Å². The molecule has 2 atom stereocenters. The first-order valence-electron chi connectivity index (χ1n) is 8.76. The fraction of sp³-hybridized carbons (Fsp3) is 0.389. The molecule has 0 spiro atoms. The van der Waals surface area contributed by atoms with Crippen LogP contribution >= 0.6 is 0 Å². The van der Waals surface area contributed by atoms with Crippen LogP contribution in [-0.4, -0.2) is 39.5 Å². The van der Waals surface area contributed by atoms with E-state index in [4.69, 9.17) is 4.74 Å². The summed E-state index contributed by atoms with van der Waals surface area (Å²) in [7, 11) is 0. The Kier molecular flexibility index (Phi) is 4.90. The van der Waals surface area contributed by atoms with Gasteiger partial charge in [-0.1, -0.05) is 6.07 Å². The average molecular weight is 393 g/mol. The van der Waals surface area contributed by atoms with Crippen molar-refractivity contribution >= 4 is 5.91 Å². The Labute approximate surface area is 158 Å². The van der Waals surface area contributed by atoms with Crippen LogP contribution < -0.4 is 15.6 Å². The monoisotopic (exact) mass is 393 g/mol. The third-order valence-electron chi connectivity index (χ3n) is 4.92. The second kappa shape index (κ2) is 7.36. The van der Waals surface area contributed by atoms with Crippen molar-refractivity contribution in [3.8, 4) is 5.88 Å². The predicted molar refractivity (Wildman–Crippen MR) is 91.5 cm³/mol. The smallest absolute Gasteiger partial charge is 0.402 e. The molecule has 2 aliphatic heterocycles. The molecule has 0 saturated carbocycles.